The molecule has 0 bridgehead atoms. The van der Waals surface area contributed by atoms with Crippen LogP contribution in [0.3, 0.4) is 0 Å². The number of allylic oxidation sites excluding steroid dienone is 6. The number of alkyl halides is 3. The number of unbranched alkanes of at least 4 members (excludes halogenated alkanes) is 8. The van der Waals surface area contributed by atoms with Crippen LogP contribution in [0.25, 0.3) is 0 Å². The number of aliphatic hydroxyl groups excluding tert-OH is 1. The van der Waals surface area contributed by atoms with E-state index >= 15 is 0 Å². The first-order valence-corrected chi connectivity index (χ1v) is 10.2. The average molecular weight is 375 g/mol. The highest BCUT2D eigenvalue weighted by Crippen LogP contribution is 2.24. The smallest absolute Gasteiger partial charge is 0.384 e. The van der Waals surface area contributed by atoms with Crippen molar-refractivity contribution in [3.8, 4) is 0 Å². The van der Waals surface area contributed by atoms with E-state index in [2.05, 4.69) is 43.4 Å². The van der Waals surface area contributed by atoms with Gasteiger partial charge in [-0.15, -0.1) is 0 Å². The van der Waals surface area contributed by atoms with E-state index in [9.17, 15) is 13.2 Å². The van der Waals surface area contributed by atoms with Gasteiger partial charge in [-0.05, 0) is 38.5 Å². The van der Waals surface area contributed by atoms with E-state index in [1.165, 1.54) is 19.3 Å². The first-order valence-electron chi connectivity index (χ1n) is 10.2. The maximum atomic E-state index is 12.1. The number of aliphatic hydroxyl groups is 1. The van der Waals surface area contributed by atoms with E-state index in [1.54, 1.807) is 0 Å². The predicted octanol–water partition coefficient (Wildman–Crippen LogP) is 7.67. The average Bonchev–Trinajstić information content (AvgIpc) is 2.59. The van der Waals surface area contributed by atoms with Crippen molar-refractivity contribution in [2.24, 2.45) is 0 Å². The summed E-state index contributed by atoms with van der Waals surface area (Å²) in [6, 6.07) is 0. The molecule has 26 heavy (non-hydrogen) atoms. The molecule has 1 unspecified atom stereocenters. The molecule has 0 rings (SSSR count). The Bertz CT molecular complexity index is 383. The van der Waals surface area contributed by atoms with Gasteiger partial charge in [0.05, 0.1) is 0 Å². The lowest BCUT2D eigenvalue weighted by atomic mass is 10.0. The molecular weight excluding hydrogens is 337 g/mol. The summed E-state index contributed by atoms with van der Waals surface area (Å²) >= 11 is 0. The second-order valence-electron chi connectivity index (χ2n) is 6.76. The zero-order chi connectivity index (χ0) is 19.5. The normalized spacial score (nSPS) is 14.2. The van der Waals surface area contributed by atoms with Crippen molar-refractivity contribution in [3.63, 3.8) is 0 Å². The van der Waals surface area contributed by atoms with Gasteiger partial charge in [0.15, 0.2) is 0 Å². The standard InChI is InChI=1S/C22H37F3O/c1-2-3-4-5-6-7-8-9-10-11-12-13-14-15-16-17-18-19-20-21(26)22(23,24)25/h3-4,6-7,9-10,21,26H,2,5,8,11-20H2,1H3. The van der Waals surface area contributed by atoms with Crippen molar-refractivity contribution in [1.82, 2.24) is 0 Å². The Morgan fingerprint density at radius 1 is 0.692 bits per heavy atom. The van der Waals surface area contributed by atoms with Crippen molar-refractivity contribution >= 4 is 0 Å². The van der Waals surface area contributed by atoms with Crippen LogP contribution in [0.1, 0.15) is 90.4 Å². The highest BCUT2D eigenvalue weighted by atomic mass is 19.4. The Kier molecular flexibility index (Phi) is 16.7. The number of hydrogen-bond donors (Lipinski definition) is 1. The maximum Gasteiger partial charge on any atom is 0.414 e. The van der Waals surface area contributed by atoms with Crippen LogP contribution in [0.2, 0.25) is 0 Å². The molecule has 0 saturated heterocycles. The zero-order valence-corrected chi connectivity index (χ0v) is 16.3. The largest absolute Gasteiger partial charge is 0.414 e. The van der Waals surface area contributed by atoms with Crippen molar-refractivity contribution in [2.45, 2.75) is 103 Å². The van der Waals surface area contributed by atoms with Gasteiger partial charge in [0, 0.05) is 0 Å². The predicted molar refractivity (Wildman–Crippen MR) is 105 cm³/mol. The fourth-order valence-electron chi connectivity index (χ4n) is 2.65. The van der Waals surface area contributed by atoms with Crippen LogP contribution in [-0.2, 0) is 0 Å². The molecule has 0 spiro atoms. The fraction of sp³-hybridized carbons (Fsp3) is 0.727. The Balaban J connectivity index is 3.29. The number of halogens is 3. The first-order chi connectivity index (χ1) is 12.5. The van der Waals surface area contributed by atoms with Crippen LogP contribution in [0.15, 0.2) is 36.5 Å². The van der Waals surface area contributed by atoms with Crippen molar-refractivity contribution in [3.05, 3.63) is 36.5 Å². The molecule has 4 heteroatoms. The molecule has 0 aromatic carbocycles. The van der Waals surface area contributed by atoms with Gasteiger partial charge in [-0.3, -0.25) is 0 Å². The van der Waals surface area contributed by atoms with Gasteiger partial charge in [-0.25, -0.2) is 0 Å². The molecule has 0 aliphatic rings. The second-order valence-corrected chi connectivity index (χ2v) is 6.76. The molecule has 1 nitrogen and oxygen atoms in total. The van der Waals surface area contributed by atoms with Gasteiger partial charge in [-0.1, -0.05) is 88.3 Å². The van der Waals surface area contributed by atoms with Gasteiger partial charge in [0.25, 0.3) is 0 Å². The van der Waals surface area contributed by atoms with E-state index < -0.39 is 12.3 Å². The number of hydrogen-bond acceptors (Lipinski definition) is 1. The minimum absolute atomic E-state index is 0.166. The fourth-order valence-corrected chi connectivity index (χ4v) is 2.65. The summed E-state index contributed by atoms with van der Waals surface area (Å²) in [5.41, 5.74) is 0. The van der Waals surface area contributed by atoms with Crippen LogP contribution in [0, 0.1) is 0 Å². The third kappa shape index (κ3) is 17.8. The minimum Gasteiger partial charge on any atom is -0.384 e. The second kappa shape index (κ2) is 17.4. The van der Waals surface area contributed by atoms with Crippen molar-refractivity contribution in [1.29, 1.82) is 0 Å². The van der Waals surface area contributed by atoms with Crippen LogP contribution in [-0.4, -0.2) is 17.4 Å². The van der Waals surface area contributed by atoms with Crippen LogP contribution >= 0.6 is 0 Å². The van der Waals surface area contributed by atoms with Crippen LogP contribution in [0.4, 0.5) is 13.2 Å². The van der Waals surface area contributed by atoms with Gasteiger partial charge < -0.3 is 5.11 Å². The Labute approximate surface area is 158 Å². The Hall–Kier alpha value is -1.03. The molecule has 0 aliphatic carbocycles. The molecule has 0 saturated carbocycles. The summed E-state index contributed by atoms with van der Waals surface area (Å²) in [6.07, 6.45) is 18.7. The van der Waals surface area contributed by atoms with Gasteiger partial charge >= 0.3 is 6.18 Å². The summed E-state index contributed by atoms with van der Waals surface area (Å²) in [5.74, 6) is 0. The lowest BCUT2D eigenvalue weighted by Gasteiger charge is -2.13. The summed E-state index contributed by atoms with van der Waals surface area (Å²) in [6.45, 7) is 2.14. The third-order valence-electron chi connectivity index (χ3n) is 4.26. The van der Waals surface area contributed by atoms with E-state index in [-0.39, 0.29) is 6.42 Å². The van der Waals surface area contributed by atoms with Crippen LogP contribution in [0.5, 0.6) is 0 Å². The molecule has 0 aromatic rings. The maximum absolute atomic E-state index is 12.1. The molecule has 0 fully saturated rings. The molecule has 0 aromatic heterocycles. The first kappa shape index (κ1) is 25.0. The SMILES string of the molecule is CCC=CCC=CCC=CCCCCCCCCCCC(O)C(F)(F)F. The lowest BCUT2D eigenvalue weighted by Crippen LogP contribution is -2.28. The van der Waals surface area contributed by atoms with Crippen molar-refractivity contribution < 1.29 is 18.3 Å². The molecule has 0 amide bonds. The highest BCUT2D eigenvalue weighted by molar-refractivity contribution is 4.96. The molecule has 152 valence electrons. The zero-order valence-electron chi connectivity index (χ0n) is 16.3. The summed E-state index contributed by atoms with van der Waals surface area (Å²) in [5, 5.41) is 8.88. The number of rotatable bonds is 16. The van der Waals surface area contributed by atoms with Gasteiger partial charge in [0.2, 0.25) is 0 Å². The topological polar surface area (TPSA) is 20.2 Å². The van der Waals surface area contributed by atoms with Gasteiger partial charge in [-0.2, -0.15) is 13.2 Å². The van der Waals surface area contributed by atoms with E-state index in [4.69, 9.17) is 5.11 Å². The van der Waals surface area contributed by atoms with E-state index in [0.29, 0.717) is 6.42 Å². The molecule has 0 aliphatic heterocycles. The van der Waals surface area contributed by atoms with Crippen LogP contribution < -0.4 is 0 Å². The molecule has 0 radical (unpaired) electrons. The molecule has 1 atom stereocenters. The summed E-state index contributed by atoms with van der Waals surface area (Å²) in [7, 11) is 0. The van der Waals surface area contributed by atoms with E-state index in [1.807, 2.05) is 0 Å². The third-order valence-corrected chi connectivity index (χ3v) is 4.26. The molecule has 0 heterocycles. The Morgan fingerprint density at radius 2 is 1.15 bits per heavy atom. The quantitative estimate of drug-likeness (QED) is 0.217. The van der Waals surface area contributed by atoms with Gasteiger partial charge in [0.1, 0.15) is 6.10 Å². The minimum atomic E-state index is -4.46. The lowest BCUT2D eigenvalue weighted by molar-refractivity contribution is -0.205. The van der Waals surface area contributed by atoms with Crippen molar-refractivity contribution in [2.75, 3.05) is 0 Å². The monoisotopic (exact) mass is 374 g/mol. The summed E-state index contributed by atoms with van der Waals surface area (Å²) < 4.78 is 36.3. The molecule has 1 N–H and O–H groups in total. The van der Waals surface area contributed by atoms with E-state index in [0.717, 1.165) is 51.4 Å². The Morgan fingerprint density at radius 3 is 1.69 bits per heavy atom. The molecular formula is C22H37F3O. The highest BCUT2D eigenvalue weighted by Gasteiger charge is 2.37. The summed E-state index contributed by atoms with van der Waals surface area (Å²) in [4.78, 5) is 0.